The third kappa shape index (κ3) is 3.54. The van der Waals surface area contributed by atoms with Gasteiger partial charge in [-0.05, 0) is 32.4 Å². The number of aryl methyl sites for hydroxylation is 2. The summed E-state index contributed by atoms with van der Waals surface area (Å²) in [6.07, 6.45) is 1.96. The summed E-state index contributed by atoms with van der Waals surface area (Å²) in [7, 11) is -1.99. The molecule has 1 aliphatic heterocycles. The lowest BCUT2D eigenvalue weighted by Gasteiger charge is -2.22. The molecule has 2 aromatic rings. The van der Waals surface area contributed by atoms with Crippen LogP contribution in [0.3, 0.4) is 0 Å². The Morgan fingerprint density at radius 1 is 1.19 bits per heavy atom. The third-order valence-electron chi connectivity index (χ3n) is 4.83. The van der Waals surface area contributed by atoms with Crippen LogP contribution in [0.25, 0.3) is 0 Å². The molecule has 0 radical (unpaired) electrons. The number of carbonyl (C=O) groups excluding carboxylic acids is 1. The minimum Gasteiger partial charge on any atom is -0.337 e. The van der Waals surface area contributed by atoms with E-state index in [1.807, 2.05) is 0 Å². The van der Waals surface area contributed by atoms with E-state index >= 15 is 0 Å². The Bertz CT molecular complexity index is 1020. The van der Waals surface area contributed by atoms with E-state index in [2.05, 4.69) is 10.1 Å². The van der Waals surface area contributed by atoms with E-state index in [0.29, 0.717) is 30.9 Å². The Hall–Kier alpha value is -2.46. The number of hydrogen-bond donors (Lipinski definition) is 1. The molecule has 1 aliphatic rings. The van der Waals surface area contributed by atoms with E-state index in [1.165, 1.54) is 21.5 Å². The minimum absolute atomic E-state index is 0.0627. The molecule has 146 valence electrons. The Balaban J connectivity index is 1.81. The molecule has 0 aromatic carbocycles. The van der Waals surface area contributed by atoms with Crippen molar-refractivity contribution in [2.24, 2.45) is 7.05 Å². The summed E-state index contributed by atoms with van der Waals surface area (Å²) in [5, 5.41) is 4.20. The number of aromatic nitrogens is 3. The average Bonchev–Trinajstić information content (AvgIpc) is 2.81. The number of nitrogens with one attached hydrogen (secondary N) is 1. The van der Waals surface area contributed by atoms with Crippen LogP contribution in [0, 0.1) is 13.8 Å². The maximum absolute atomic E-state index is 13.1. The van der Waals surface area contributed by atoms with Crippen LogP contribution in [0.4, 0.5) is 0 Å². The quantitative estimate of drug-likeness (QED) is 0.805. The second-order valence-corrected chi connectivity index (χ2v) is 8.46. The predicted molar refractivity (Wildman–Crippen MR) is 99.0 cm³/mol. The number of carbonyl (C=O) groups is 1. The number of hydrogen-bond acceptors (Lipinski definition) is 5. The van der Waals surface area contributed by atoms with Crippen LogP contribution in [-0.2, 0) is 17.1 Å². The first-order chi connectivity index (χ1) is 12.7. The zero-order valence-corrected chi connectivity index (χ0v) is 16.4. The summed E-state index contributed by atoms with van der Waals surface area (Å²) < 4.78 is 29.2. The molecule has 0 bridgehead atoms. The summed E-state index contributed by atoms with van der Waals surface area (Å²) in [5.41, 5.74) is 0.661. The molecule has 1 fully saturated rings. The van der Waals surface area contributed by atoms with Crippen molar-refractivity contribution in [3.05, 3.63) is 45.6 Å². The highest BCUT2D eigenvalue weighted by Crippen LogP contribution is 2.24. The lowest BCUT2D eigenvalue weighted by atomic mass is 10.2. The number of pyridine rings is 1. The molecule has 1 amide bonds. The average molecular weight is 393 g/mol. The largest absolute Gasteiger partial charge is 0.337 e. The molecule has 9 nitrogen and oxygen atoms in total. The van der Waals surface area contributed by atoms with Crippen LogP contribution < -0.4 is 5.56 Å². The van der Waals surface area contributed by atoms with Crippen LogP contribution >= 0.6 is 0 Å². The molecule has 27 heavy (non-hydrogen) atoms. The monoisotopic (exact) mass is 393 g/mol. The highest BCUT2D eigenvalue weighted by atomic mass is 32.2. The summed E-state index contributed by atoms with van der Waals surface area (Å²) >= 11 is 0. The fourth-order valence-corrected chi connectivity index (χ4v) is 5.22. The Kier molecular flexibility index (Phi) is 5.20. The van der Waals surface area contributed by atoms with Crippen molar-refractivity contribution < 1.29 is 13.2 Å². The molecule has 1 N–H and O–H groups in total. The molecular weight excluding hydrogens is 370 g/mol. The van der Waals surface area contributed by atoms with Gasteiger partial charge >= 0.3 is 0 Å². The molecule has 0 unspecified atom stereocenters. The molecular formula is C17H23N5O4S. The van der Waals surface area contributed by atoms with Gasteiger partial charge in [-0.15, -0.1) is 0 Å². The predicted octanol–water partition coefficient (Wildman–Crippen LogP) is 0.262. The first kappa shape index (κ1) is 19.3. The molecule has 0 saturated carbocycles. The van der Waals surface area contributed by atoms with E-state index in [-0.39, 0.29) is 29.5 Å². The first-order valence-corrected chi connectivity index (χ1v) is 10.1. The highest BCUT2D eigenvalue weighted by Gasteiger charge is 2.32. The molecule has 0 aliphatic carbocycles. The summed E-state index contributed by atoms with van der Waals surface area (Å²) in [4.78, 5) is 28.7. The summed E-state index contributed by atoms with van der Waals surface area (Å²) in [5.74, 6) is -0.384. The van der Waals surface area contributed by atoms with Crippen LogP contribution in [0.5, 0.6) is 0 Å². The van der Waals surface area contributed by atoms with Crippen LogP contribution in [0.1, 0.15) is 28.2 Å². The zero-order chi connectivity index (χ0) is 19.8. The fraction of sp³-hybridized carbons (Fsp3) is 0.471. The van der Waals surface area contributed by atoms with Crippen LogP contribution in [0.2, 0.25) is 0 Å². The first-order valence-electron chi connectivity index (χ1n) is 8.71. The molecule has 0 atom stereocenters. The SMILES string of the molecule is Cc1nn(C)c(C)c1S(=O)(=O)N1CCCN(C(=O)c2ccc[nH]c2=O)CC1. The minimum atomic E-state index is -3.70. The number of aromatic amines is 1. The van der Waals surface area contributed by atoms with Crippen molar-refractivity contribution in [2.45, 2.75) is 25.2 Å². The molecule has 10 heteroatoms. The molecule has 3 heterocycles. The van der Waals surface area contributed by atoms with Gasteiger partial charge in [-0.2, -0.15) is 9.40 Å². The number of amides is 1. The Labute approximate surface area is 157 Å². The molecule has 0 spiro atoms. The summed E-state index contributed by atoms with van der Waals surface area (Å²) in [6.45, 7) is 4.50. The van der Waals surface area contributed by atoms with Crippen LogP contribution in [-0.4, -0.2) is 64.5 Å². The second kappa shape index (κ2) is 7.28. The van der Waals surface area contributed by atoms with Gasteiger partial charge in [0.1, 0.15) is 10.5 Å². The van der Waals surface area contributed by atoms with Crippen molar-refractivity contribution in [1.29, 1.82) is 0 Å². The molecule has 2 aromatic heterocycles. The van der Waals surface area contributed by atoms with Gasteiger partial charge in [-0.25, -0.2) is 8.42 Å². The van der Waals surface area contributed by atoms with Gasteiger partial charge in [-0.3, -0.25) is 14.3 Å². The van der Waals surface area contributed by atoms with Gasteiger partial charge < -0.3 is 9.88 Å². The van der Waals surface area contributed by atoms with Crippen molar-refractivity contribution in [2.75, 3.05) is 26.2 Å². The maximum Gasteiger partial charge on any atom is 0.260 e. The van der Waals surface area contributed by atoms with Crippen molar-refractivity contribution in [1.82, 2.24) is 24.0 Å². The lowest BCUT2D eigenvalue weighted by Crippen LogP contribution is -2.39. The maximum atomic E-state index is 13.1. The number of nitrogens with zero attached hydrogens (tertiary/aromatic N) is 4. The van der Waals surface area contributed by atoms with Crippen molar-refractivity contribution in [3.63, 3.8) is 0 Å². The number of rotatable bonds is 3. The summed E-state index contributed by atoms with van der Waals surface area (Å²) in [6, 6.07) is 3.07. The van der Waals surface area contributed by atoms with E-state index in [4.69, 9.17) is 0 Å². The topological polar surface area (TPSA) is 108 Å². The molecule has 3 rings (SSSR count). The molecule has 1 saturated heterocycles. The van der Waals surface area contributed by atoms with Gasteiger partial charge in [0.05, 0.1) is 11.4 Å². The smallest absolute Gasteiger partial charge is 0.260 e. The van der Waals surface area contributed by atoms with Crippen molar-refractivity contribution >= 4 is 15.9 Å². The van der Waals surface area contributed by atoms with Gasteiger partial charge in [0.25, 0.3) is 11.5 Å². The van der Waals surface area contributed by atoms with E-state index in [9.17, 15) is 18.0 Å². The van der Waals surface area contributed by atoms with Gasteiger partial charge in [0.15, 0.2) is 0 Å². The highest BCUT2D eigenvalue weighted by molar-refractivity contribution is 7.89. The number of sulfonamides is 1. The standard InChI is InChI=1S/C17H23N5O4S/c1-12-15(13(2)20(3)19-12)27(25,26)22-9-5-8-21(10-11-22)17(24)14-6-4-7-18-16(14)23/h4,6-7H,5,8-11H2,1-3H3,(H,18,23). The van der Waals surface area contributed by atoms with E-state index < -0.39 is 15.6 Å². The van der Waals surface area contributed by atoms with E-state index in [0.717, 1.165) is 0 Å². The van der Waals surface area contributed by atoms with Gasteiger partial charge in [0, 0.05) is 39.4 Å². The fourth-order valence-electron chi connectivity index (χ4n) is 3.35. The van der Waals surface area contributed by atoms with E-state index in [1.54, 1.807) is 31.6 Å². The van der Waals surface area contributed by atoms with Gasteiger partial charge in [0.2, 0.25) is 10.0 Å². The van der Waals surface area contributed by atoms with Crippen molar-refractivity contribution in [3.8, 4) is 0 Å². The Morgan fingerprint density at radius 3 is 2.56 bits per heavy atom. The van der Waals surface area contributed by atoms with Crippen LogP contribution in [0.15, 0.2) is 28.0 Å². The third-order valence-corrected chi connectivity index (χ3v) is 6.98. The lowest BCUT2D eigenvalue weighted by molar-refractivity contribution is 0.0762. The zero-order valence-electron chi connectivity index (χ0n) is 15.6. The normalized spacial score (nSPS) is 16.3. The number of H-pyrrole nitrogens is 1. The second-order valence-electron chi connectivity index (χ2n) is 6.59. The van der Waals surface area contributed by atoms with Gasteiger partial charge in [-0.1, -0.05) is 0 Å². The Morgan fingerprint density at radius 2 is 1.93 bits per heavy atom.